The summed E-state index contributed by atoms with van der Waals surface area (Å²) in [5.41, 5.74) is 12.5. The lowest BCUT2D eigenvalue weighted by Gasteiger charge is -2.07. The minimum absolute atomic E-state index is 0.221. The number of imidazole rings is 2. The smallest absolute Gasteiger partial charge is 0.340 e. The maximum atomic E-state index is 13.2. The van der Waals surface area contributed by atoms with Gasteiger partial charge in [0.1, 0.15) is 20.9 Å². The number of hydrogen-bond donors (Lipinski definition) is 2. The summed E-state index contributed by atoms with van der Waals surface area (Å²) < 4.78 is 42.0. The maximum absolute atomic E-state index is 13.2. The second kappa shape index (κ2) is 22.4. The Morgan fingerprint density at radius 3 is 1.49 bits per heavy atom. The standard InChI is InChI=1S/C26H18BrF3N4.C25H18Br2N4.C9H7N/c1-15-8-9-17-14-18(10-11-20(17)31-15)24-25(21-6-3-7-22(27)32-21)34-23(33-24)13-16-4-2-5-19(12-16)26(28,29)30;1-15-8-9-17-14-18(10-11-20(17)28-15)24-25(21-6-3-7-22(27)29-21)31-23(30-24)13-16-4-2-5-19(26)12-16;1-2-6-9-8(4-1)5-3-7-10-9/h2-12,14H,13H2,1H3,(H,33,34);2-12,14H,13H2,1H3,(H,30,31);1-7H. The molecule has 0 aliphatic heterocycles. The van der Waals surface area contributed by atoms with E-state index in [0.29, 0.717) is 39.5 Å². The molecule has 0 aliphatic rings. The molecular weight excluding hydrogens is 1140 g/mol. The van der Waals surface area contributed by atoms with Crippen molar-refractivity contribution in [2.75, 3.05) is 0 Å². The molecule has 0 radical (unpaired) electrons. The normalized spacial score (nSPS) is 11.3. The van der Waals surface area contributed by atoms with Gasteiger partial charge in [-0.05, 0) is 148 Å². The number of alkyl halides is 3. The van der Waals surface area contributed by atoms with Crippen LogP contribution in [0.15, 0.2) is 202 Å². The first kappa shape index (κ1) is 50.8. The number of nitrogens with zero attached hydrogens (tertiary/aromatic N) is 7. The van der Waals surface area contributed by atoms with Gasteiger partial charge < -0.3 is 9.97 Å². The predicted octanol–water partition coefficient (Wildman–Crippen LogP) is 16.7. The van der Waals surface area contributed by atoms with Gasteiger partial charge in [0.25, 0.3) is 0 Å². The Kier molecular flexibility index (Phi) is 15.2. The summed E-state index contributed by atoms with van der Waals surface area (Å²) >= 11 is 10.4. The largest absolute Gasteiger partial charge is 0.416 e. The maximum Gasteiger partial charge on any atom is 0.416 e. The number of nitrogens with one attached hydrogen (secondary N) is 2. The molecule has 75 heavy (non-hydrogen) atoms. The fourth-order valence-electron chi connectivity index (χ4n) is 8.55. The van der Waals surface area contributed by atoms with Crippen LogP contribution in [0.5, 0.6) is 0 Å². The Balaban J connectivity index is 0.000000144. The monoisotopic (exact) mass is 1180 g/mol. The van der Waals surface area contributed by atoms with Gasteiger partial charge in [0.2, 0.25) is 0 Å². The minimum Gasteiger partial charge on any atom is -0.340 e. The second-order valence-electron chi connectivity index (χ2n) is 17.6. The van der Waals surface area contributed by atoms with E-state index in [0.717, 1.165) is 94.0 Å². The van der Waals surface area contributed by atoms with E-state index >= 15 is 0 Å². The molecule has 5 aromatic carbocycles. The number of pyridine rings is 5. The summed E-state index contributed by atoms with van der Waals surface area (Å²) in [5.74, 6) is 1.44. The Labute approximate surface area is 455 Å². The van der Waals surface area contributed by atoms with Gasteiger partial charge in [-0.2, -0.15) is 13.2 Å². The van der Waals surface area contributed by atoms with Crippen molar-refractivity contribution in [3.63, 3.8) is 0 Å². The highest BCUT2D eigenvalue weighted by molar-refractivity contribution is 9.11. The van der Waals surface area contributed by atoms with Crippen LogP contribution >= 0.6 is 47.8 Å². The topological polar surface area (TPSA) is 122 Å². The lowest BCUT2D eigenvalue weighted by Crippen LogP contribution is -2.05. The molecule has 0 spiro atoms. The van der Waals surface area contributed by atoms with E-state index < -0.39 is 11.7 Å². The third-order valence-corrected chi connectivity index (χ3v) is 13.4. The van der Waals surface area contributed by atoms with Crippen molar-refractivity contribution in [2.45, 2.75) is 32.9 Å². The van der Waals surface area contributed by atoms with E-state index in [1.165, 1.54) is 17.0 Å². The van der Waals surface area contributed by atoms with Crippen molar-refractivity contribution < 1.29 is 13.2 Å². The summed E-state index contributed by atoms with van der Waals surface area (Å²) in [5, 5.41) is 3.26. The van der Waals surface area contributed by atoms with E-state index in [2.05, 4.69) is 131 Å². The van der Waals surface area contributed by atoms with Crippen LogP contribution < -0.4 is 0 Å². The van der Waals surface area contributed by atoms with Crippen LogP contribution in [0.2, 0.25) is 0 Å². The van der Waals surface area contributed by atoms with Crippen molar-refractivity contribution in [3.8, 4) is 45.3 Å². The van der Waals surface area contributed by atoms with Crippen LogP contribution in [-0.4, -0.2) is 44.9 Å². The highest BCUT2D eigenvalue weighted by Crippen LogP contribution is 2.35. The first-order valence-corrected chi connectivity index (χ1v) is 26.1. The van der Waals surface area contributed by atoms with Gasteiger partial charge in [0.05, 0.1) is 56.3 Å². The third kappa shape index (κ3) is 12.5. The molecule has 0 saturated heterocycles. The van der Waals surface area contributed by atoms with Gasteiger partial charge >= 0.3 is 6.18 Å². The molecular formula is C60H43Br3F3N9. The van der Waals surface area contributed by atoms with Crippen LogP contribution in [0, 0.1) is 13.8 Å². The van der Waals surface area contributed by atoms with Gasteiger partial charge in [-0.25, -0.2) is 19.9 Å². The average molecular weight is 1190 g/mol. The van der Waals surface area contributed by atoms with Gasteiger partial charge in [-0.3, -0.25) is 15.0 Å². The number of para-hydroxylation sites is 1. The molecule has 370 valence electrons. The van der Waals surface area contributed by atoms with Crippen molar-refractivity contribution in [1.29, 1.82) is 0 Å². The summed E-state index contributed by atoms with van der Waals surface area (Å²) in [6.45, 7) is 3.95. The van der Waals surface area contributed by atoms with Crippen LogP contribution in [0.4, 0.5) is 13.2 Å². The zero-order valence-corrected chi connectivity index (χ0v) is 45.0. The number of halogens is 6. The Bertz CT molecular complexity index is 3940. The van der Waals surface area contributed by atoms with Crippen molar-refractivity contribution in [2.24, 2.45) is 0 Å². The van der Waals surface area contributed by atoms with Crippen molar-refractivity contribution >= 4 is 80.5 Å². The fraction of sp³-hybridized carbons (Fsp3) is 0.0833. The molecule has 7 heterocycles. The zero-order valence-electron chi connectivity index (χ0n) is 40.2. The molecule has 7 aromatic heterocycles. The number of aromatic amines is 2. The SMILES string of the molecule is Cc1ccc2cc(-c3nc(Cc4cccc(Br)c4)[nH]c3-c3cccc(Br)n3)ccc2n1.Cc1ccc2cc(-c3nc(Cc4cccc(C(F)(F)F)c4)[nH]c3-c3cccc(Br)n3)ccc2n1.c1ccc2ncccc2c1. The summed E-state index contributed by atoms with van der Waals surface area (Å²) in [6.07, 6.45) is -1.66. The number of benzene rings is 5. The zero-order chi connectivity index (χ0) is 52.1. The van der Waals surface area contributed by atoms with Crippen LogP contribution in [0.3, 0.4) is 0 Å². The molecule has 0 bridgehead atoms. The van der Waals surface area contributed by atoms with Crippen molar-refractivity contribution in [1.82, 2.24) is 44.9 Å². The number of aromatic nitrogens is 9. The summed E-state index contributed by atoms with van der Waals surface area (Å²) in [6, 6.07) is 57.4. The van der Waals surface area contributed by atoms with Gasteiger partial charge in [0.15, 0.2) is 0 Å². The number of rotatable bonds is 8. The average Bonchev–Trinajstić information content (AvgIpc) is 4.03. The molecule has 0 unspecified atom stereocenters. The molecule has 12 rings (SSSR count). The molecule has 0 aliphatic carbocycles. The van der Waals surface area contributed by atoms with Crippen molar-refractivity contribution in [3.05, 3.63) is 242 Å². The Morgan fingerprint density at radius 1 is 0.440 bits per heavy atom. The molecule has 9 nitrogen and oxygen atoms in total. The third-order valence-electron chi connectivity index (χ3n) is 12.1. The molecule has 12 aromatic rings. The molecule has 0 atom stereocenters. The highest BCUT2D eigenvalue weighted by atomic mass is 79.9. The number of hydrogen-bond acceptors (Lipinski definition) is 7. The minimum atomic E-state index is -4.40. The van der Waals surface area contributed by atoms with E-state index in [9.17, 15) is 13.2 Å². The van der Waals surface area contributed by atoms with Gasteiger partial charge in [0, 0.05) is 62.2 Å². The Morgan fingerprint density at radius 2 is 0.960 bits per heavy atom. The van der Waals surface area contributed by atoms with Gasteiger partial charge in [-0.1, -0.05) is 107 Å². The first-order valence-electron chi connectivity index (χ1n) is 23.7. The van der Waals surface area contributed by atoms with E-state index in [-0.39, 0.29) is 6.42 Å². The summed E-state index contributed by atoms with van der Waals surface area (Å²) in [4.78, 5) is 39.2. The van der Waals surface area contributed by atoms with Gasteiger partial charge in [-0.15, -0.1) is 0 Å². The molecule has 0 saturated carbocycles. The lowest BCUT2D eigenvalue weighted by molar-refractivity contribution is -0.137. The predicted molar refractivity (Wildman–Crippen MR) is 303 cm³/mol. The van der Waals surface area contributed by atoms with E-state index in [1.54, 1.807) is 6.07 Å². The summed E-state index contributed by atoms with van der Waals surface area (Å²) in [7, 11) is 0. The van der Waals surface area contributed by atoms with E-state index in [4.69, 9.17) is 9.97 Å². The van der Waals surface area contributed by atoms with Crippen LogP contribution in [0.25, 0.3) is 78.0 Å². The Hall–Kier alpha value is -7.72. The first-order chi connectivity index (χ1) is 36.3. The number of aryl methyl sites for hydroxylation is 2. The molecule has 2 N–H and O–H groups in total. The number of fused-ring (bicyclic) bond motifs is 3. The van der Waals surface area contributed by atoms with E-state index in [1.807, 2.05) is 129 Å². The lowest BCUT2D eigenvalue weighted by atomic mass is 10.1. The van der Waals surface area contributed by atoms with Crippen LogP contribution in [0.1, 0.15) is 39.7 Å². The quantitative estimate of drug-likeness (QED) is 0.145. The number of H-pyrrole nitrogens is 2. The second-order valence-corrected chi connectivity index (χ2v) is 20.1. The fourth-order valence-corrected chi connectivity index (χ4v) is 9.69. The van der Waals surface area contributed by atoms with Crippen LogP contribution in [-0.2, 0) is 19.0 Å². The molecule has 0 amide bonds. The highest BCUT2D eigenvalue weighted by Gasteiger charge is 2.30. The molecule has 15 heteroatoms. The molecule has 0 fully saturated rings.